The minimum atomic E-state index is 0.678. The molecule has 110 valence electrons. The lowest BCUT2D eigenvalue weighted by molar-refractivity contribution is 0.848. The summed E-state index contributed by atoms with van der Waals surface area (Å²) in [6, 6.07) is 2.18. The van der Waals surface area contributed by atoms with E-state index >= 15 is 0 Å². The van der Waals surface area contributed by atoms with Crippen LogP contribution in [0.25, 0.3) is 16.0 Å². The number of fused-ring (bicyclic) bond motifs is 1. The van der Waals surface area contributed by atoms with E-state index in [4.69, 9.17) is 0 Å². The molecular formula is C15H19N5S. The Morgan fingerprint density at radius 3 is 2.81 bits per heavy atom. The summed E-state index contributed by atoms with van der Waals surface area (Å²) in [5.74, 6) is 1.53. The first kappa shape index (κ1) is 14.0. The second-order valence-electron chi connectivity index (χ2n) is 5.04. The van der Waals surface area contributed by atoms with Crippen molar-refractivity contribution in [2.75, 3.05) is 11.9 Å². The van der Waals surface area contributed by atoms with Crippen molar-refractivity contribution in [3.63, 3.8) is 0 Å². The maximum absolute atomic E-state index is 4.65. The fourth-order valence-electron chi connectivity index (χ4n) is 2.15. The molecule has 6 heteroatoms. The van der Waals surface area contributed by atoms with Crippen molar-refractivity contribution in [1.29, 1.82) is 0 Å². The van der Waals surface area contributed by atoms with Gasteiger partial charge in [-0.05, 0) is 31.4 Å². The van der Waals surface area contributed by atoms with Crippen LogP contribution in [-0.4, -0.2) is 26.3 Å². The van der Waals surface area contributed by atoms with E-state index in [0.29, 0.717) is 5.95 Å². The highest BCUT2D eigenvalue weighted by Gasteiger charge is 2.13. The molecule has 0 fully saturated rings. The first-order valence-corrected chi connectivity index (χ1v) is 8.09. The molecule has 21 heavy (non-hydrogen) atoms. The van der Waals surface area contributed by atoms with Gasteiger partial charge in [0.25, 0.3) is 0 Å². The maximum Gasteiger partial charge on any atom is 0.226 e. The van der Waals surface area contributed by atoms with Crippen molar-refractivity contribution in [1.82, 2.24) is 19.7 Å². The molecule has 3 aromatic heterocycles. The van der Waals surface area contributed by atoms with Crippen LogP contribution in [0.5, 0.6) is 0 Å². The predicted octanol–water partition coefficient (Wildman–Crippen LogP) is 3.57. The van der Waals surface area contributed by atoms with Crippen LogP contribution in [-0.2, 0) is 6.42 Å². The Morgan fingerprint density at radius 1 is 1.29 bits per heavy atom. The summed E-state index contributed by atoms with van der Waals surface area (Å²) in [6.45, 7) is 7.19. The highest BCUT2D eigenvalue weighted by atomic mass is 32.1. The minimum absolute atomic E-state index is 0.678. The summed E-state index contributed by atoms with van der Waals surface area (Å²) in [5.41, 5.74) is 1.12. The Kier molecular flexibility index (Phi) is 3.88. The Labute approximate surface area is 128 Å². The van der Waals surface area contributed by atoms with Gasteiger partial charge >= 0.3 is 0 Å². The summed E-state index contributed by atoms with van der Waals surface area (Å²) in [4.78, 5) is 11.6. The van der Waals surface area contributed by atoms with Gasteiger partial charge in [-0.3, -0.25) is 0 Å². The second kappa shape index (κ2) is 5.81. The molecule has 0 bridgehead atoms. The zero-order chi connectivity index (χ0) is 14.8. The lowest BCUT2D eigenvalue weighted by Crippen LogP contribution is -2.07. The standard InChI is InChI=1S/C15H19N5S/c1-4-6-16-15-18-13(20-9-10(3)8-17-20)12-7-11(5-2)21-14(12)19-15/h7-9H,4-6H2,1-3H3,(H,16,18,19). The van der Waals surface area contributed by atoms with Crippen LogP contribution in [0, 0.1) is 6.92 Å². The average Bonchev–Trinajstić information content (AvgIpc) is 3.09. The van der Waals surface area contributed by atoms with Crippen LogP contribution in [0.1, 0.15) is 30.7 Å². The predicted molar refractivity (Wildman–Crippen MR) is 87.4 cm³/mol. The van der Waals surface area contributed by atoms with E-state index in [0.717, 1.165) is 41.0 Å². The Morgan fingerprint density at radius 2 is 2.14 bits per heavy atom. The maximum atomic E-state index is 4.65. The highest BCUT2D eigenvalue weighted by Crippen LogP contribution is 2.29. The number of hydrogen-bond donors (Lipinski definition) is 1. The van der Waals surface area contributed by atoms with Crippen molar-refractivity contribution in [3.05, 3.63) is 28.9 Å². The monoisotopic (exact) mass is 301 g/mol. The molecule has 0 saturated carbocycles. The largest absolute Gasteiger partial charge is 0.354 e. The minimum Gasteiger partial charge on any atom is -0.354 e. The summed E-state index contributed by atoms with van der Waals surface area (Å²) < 4.78 is 1.84. The van der Waals surface area contributed by atoms with Crippen LogP contribution in [0.2, 0.25) is 0 Å². The van der Waals surface area contributed by atoms with E-state index in [9.17, 15) is 0 Å². The van der Waals surface area contributed by atoms with E-state index < -0.39 is 0 Å². The van der Waals surface area contributed by atoms with Gasteiger partial charge in [-0.25, -0.2) is 9.67 Å². The molecule has 0 saturated heterocycles. The van der Waals surface area contributed by atoms with Crippen molar-refractivity contribution in [2.45, 2.75) is 33.6 Å². The number of nitrogens with zero attached hydrogens (tertiary/aromatic N) is 4. The number of hydrogen-bond acceptors (Lipinski definition) is 5. The quantitative estimate of drug-likeness (QED) is 0.782. The van der Waals surface area contributed by atoms with E-state index in [-0.39, 0.29) is 0 Å². The summed E-state index contributed by atoms with van der Waals surface area (Å²) >= 11 is 1.73. The summed E-state index contributed by atoms with van der Waals surface area (Å²) in [6.07, 6.45) is 5.90. The van der Waals surface area contributed by atoms with Gasteiger partial charge in [-0.1, -0.05) is 13.8 Å². The van der Waals surface area contributed by atoms with E-state index in [1.165, 1.54) is 4.88 Å². The molecule has 0 aliphatic carbocycles. The van der Waals surface area contributed by atoms with Gasteiger partial charge in [0.05, 0.1) is 11.6 Å². The first-order chi connectivity index (χ1) is 10.2. The lowest BCUT2D eigenvalue weighted by atomic mass is 10.3. The van der Waals surface area contributed by atoms with Gasteiger partial charge in [0.2, 0.25) is 5.95 Å². The number of aromatic nitrogens is 4. The van der Waals surface area contributed by atoms with Crippen LogP contribution in [0.15, 0.2) is 18.5 Å². The number of rotatable bonds is 5. The average molecular weight is 301 g/mol. The van der Waals surface area contributed by atoms with Crippen LogP contribution >= 0.6 is 11.3 Å². The Bertz CT molecular complexity index is 759. The molecule has 1 N–H and O–H groups in total. The van der Waals surface area contributed by atoms with Crippen LogP contribution in [0.3, 0.4) is 0 Å². The molecule has 0 aliphatic heterocycles. The molecule has 3 heterocycles. The smallest absolute Gasteiger partial charge is 0.226 e. The van der Waals surface area contributed by atoms with Crippen LogP contribution < -0.4 is 5.32 Å². The lowest BCUT2D eigenvalue weighted by Gasteiger charge is -2.07. The van der Waals surface area contributed by atoms with E-state index in [2.05, 4.69) is 40.3 Å². The molecular weight excluding hydrogens is 282 g/mol. The normalized spacial score (nSPS) is 11.2. The third-order valence-electron chi connectivity index (χ3n) is 3.23. The molecule has 0 atom stereocenters. The zero-order valence-electron chi connectivity index (χ0n) is 12.6. The van der Waals surface area contributed by atoms with Crippen molar-refractivity contribution >= 4 is 27.5 Å². The van der Waals surface area contributed by atoms with Gasteiger partial charge in [0.1, 0.15) is 4.83 Å². The molecule has 0 spiro atoms. The summed E-state index contributed by atoms with van der Waals surface area (Å²) in [5, 5.41) is 8.74. The SMILES string of the molecule is CCCNc1nc(-n2cc(C)cn2)c2cc(CC)sc2n1. The number of aryl methyl sites for hydroxylation is 2. The fraction of sp³-hybridized carbons (Fsp3) is 0.400. The topological polar surface area (TPSA) is 55.6 Å². The molecule has 3 aromatic rings. The summed E-state index contributed by atoms with van der Waals surface area (Å²) in [7, 11) is 0. The molecule has 0 unspecified atom stereocenters. The molecule has 5 nitrogen and oxygen atoms in total. The molecule has 3 rings (SSSR count). The number of thiophene rings is 1. The van der Waals surface area contributed by atoms with Gasteiger partial charge in [-0.15, -0.1) is 11.3 Å². The first-order valence-electron chi connectivity index (χ1n) is 7.27. The van der Waals surface area contributed by atoms with Crippen molar-refractivity contribution in [2.24, 2.45) is 0 Å². The zero-order valence-corrected chi connectivity index (χ0v) is 13.4. The van der Waals surface area contributed by atoms with Gasteiger partial charge in [-0.2, -0.15) is 10.1 Å². The van der Waals surface area contributed by atoms with Crippen molar-refractivity contribution in [3.8, 4) is 5.82 Å². The fourth-order valence-corrected chi connectivity index (χ4v) is 3.11. The van der Waals surface area contributed by atoms with E-state index in [1.807, 2.05) is 24.0 Å². The molecule has 0 aliphatic rings. The molecule has 0 aromatic carbocycles. The van der Waals surface area contributed by atoms with Crippen LogP contribution in [0.4, 0.5) is 5.95 Å². The molecule has 0 amide bonds. The third-order valence-corrected chi connectivity index (χ3v) is 4.41. The van der Waals surface area contributed by atoms with Crippen molar-refractivity contribution < 1.29 is 0 Å². The molecule has 0 radical (unpaired) electrons. The number of nitrogens with one attached hydrogen (secondary N) is 1. The second-order valence-corrected chi connectivity index (χ2v) is 6.16. The highest BCUT2D eigenvalue weighted by molar-refractivity contribution is 7.18. The Balaban J connectivity index is 2.16. The number of anilines is 1. The van der Waals surface area contributed by atoms with Gasteiger partial charge in [0.15, 0.2) is 5.82 Å². The van der Waals surface area contributed by atoms with Gasteiger partial charge < -0.3 is 5.32 Å². The van der Waals surface area contributed by atoms with E-state index in [1.54, 1.807) is 11.3 Å². The van der Waals surface area contributed by atoms with Gasteiger partial charge in [0, 0.05) is 17.6 Å². The Hall–Kier alpha value is -1.95. The third kappa shape index (κ3) is 2.76.